The maximum absolute atomic E-state index is 12.7. The summed E-state index contributed by atoms with van der Waals surface area (Å²) >= 11 is 0. The summed E-state index contributed by atoms with van der Waals surface area (Å²) < 4.78 is 0. The minimum absolute atomic E-state index is 0.0954. The molecule has 152 valence electrons. The topological polar surface area (TPSA) is 61.4 Å². The van der Waals surface area contributed by atoms with Crippen LogP contribution in [0, 0.1) is 0 Å². The van der Waals surface area contributed by atoms with E-state index in [0.29, 0.717) is 17.8 Å². The van der Waals surface area contributed by atoms with Gasteiger partial charge in [-0.2, -0.15) is 0 Å². The molecule has 0 fully saturated rings. The summed E-state index contributed by atoms with van der Waals surface area (Å²) in [6, 6.07) is 24.9. The van der Waals surface area contributed by atoms with Crippen molar-refractivity contribution in [2.75, 3.05) is 23.3 Å². The summed E-state index contributed by atoms with van der Waals surface area (Å²) in [4.78, 5) is 27.3. The largest absolute Gasteiger partial charge is 0.362 e. The average molecular weight is 399 g/mol. The molecular weight excluding hydrogens is 374 g/mol. The molecule has 0 aliphatic carbocycles. The van der Waals surface area contributed by atoms with E-state index in [1.165, 1.54) is 5.56 Å². The van der Waals surface area contributed by atoms with Crippen LogP contribution in [0.4, 0.5) is 11.4 Å². The number of rotatable bonds is 6. The van der Waals surface area contributed by atoms with Gasteiger partial charge in [0, 0.05) is 23.5 Å². The van der Waals surface area contributed by atoms with Crippen LogP contribution in [0.25, 0.3) is 0 Å². The van der Waals surface area contributed by atoms with E-state index in [9.17, 15) is 9.59 Å². The van der Waals surface area contributed by atoms with Crippen molar-refractivity contribution < 1.29 is 9.59 Å². The van der Waals surface area contributed by atoms with Gasteiger partial charge in [-0.05, 0) is 48.7 Å². The fourth-order valence-electron chi connectivity index (χ4n) is 3.79. The minimum atomic E-state index is -0.170. The lowest BCUT2D eigenvalue weighted by Gasteiger charge is -2.19. The Kier molecular flexibility index (Phi) is 5.80. The second kappa shape index (κ2) is 8.82. The lowest BCUT2D eigenvalue weighted by molar-refractivity contribution is -0.115. The lowest BCUT2D eigenvalue weighted by Crippen LogP contribution is -2.32. The van der Waals surface area contributed by atoms with Gasteiger partial charge in [0.25, 0.3) is 5.91 Å². The van der Waals surface area contributed by atoms with E-state index >= 15 is 0 Å². The molecule has 4 rings (SSSR count). The predicted molar refractivity (Wildman–Crippen MR) is 120 cm³/mol. The third-order valence-corrected chi connectivity index (χ3v) is 5.37. The van der Waals surface area contributed by atoms with Crippen LogP contribution in [0.3, 0.4) is 0 Å². The monoisotopic (exact) mass is 399 g/mol. The number of benzene rings is 3. The van der Waals surface area contributed by atoms with Crippen molar-refractivity contribution in [3.63, 3.8) is 0 Å². The number of hydrogen-bond donors (Lipinski definition) is 2. The van der Waals surface area contributed by atoms with Crippen molar-refractivity contribution in [1.29, 1.82) is 0 Å². The highest BCUT2D eigenvalue weighted by atomic mass is 16.2. The molecule has 0 aromatic heterocycles. The van der Waals surface area contributed by atoms with Crippen molar-refractivity contribution in [1.82, 2.24) is 5.32 Å². The Morgan fingerprint density at radius 3 is 2.57 bits per heavy atom. The maximum atomic E-state index is 12.7. The molecule has 1 unspecified atom stereocenters. The highest BCUT2D eigenvalue weighted by molar-refractivity contribution is 5.98. The molecule has 5 nitrogen and oxygen atoms in total. The molecule has 1 atom stereocenters. The summed E-state index contributed by atoms with van der Waals surface area (Å²) in [5.74, 6) is -0.266. The normalized spacial score (nSPS) is 13.4. The number of amides is 2. The molecule has 0 saturated heterocycles. The van der Waals surface area contributed by atoms with Crippen LogP contribution in [0.5, 0.6) is 0 Å². The second-order valence-electron chi connectivity index (χ2n) is 7.54. The third kappa shape index (κ3) is 4.51. The zero-order chi connectivity index (χ0) is 20.9. The van der Waals surface area contributed by atoms with Gasteiger partial charge in [0.15, 0.2) is 0 Å². The molecule has 2 N–H and O–H groups in total. The molecule has 1 aliphatic rings. The molecule has 5 heteroatoms. The Morgan fingerprint density at radius 2 is 1.73 bits per heavy atom. The zero-order valence-electron chi connectivity index (χ0n) is 17.0. The number of fused-ring (bicyclic) bond motifs is 1. The van der Waals surface area contributed by atoms with E-state index in [4.69, 9.17) is 0 Å². The number of anilines is 2. The average Bonchev–Trinajstić information content (AvgIpc) is 3.17. The van der Waals surface area contributed by atoms with Gasteiger partial charge in [0.2, 0.25) is 5.91 Å². The van der Waals surface area contributed by atoms with Gasteiger partial charge in [0.1, 0.15) is 0 Å². The molecule has 3 aromatic carbocycles. The zero-order valence-corrected chi connectivity index (χ0v) is 17.0. The molecule has 1 aliphatic heterocycles. The summed E-state index contributed by atoms with van der Waals surface area (Å²) in [5.41, 5.74) is 4.57. The molecule has 0 saturated carbocycles. The Labute approximate surface area is 176 Å². The SMILES string of the molecule is CC(NC(=O)c1cccc(NC(=O)CN2CCc3ccccc32)c1)c1ccccc1. The van der Waals surface area contributed by atoms with Crippen molar-refractivity contribution in [3.8, 4) is 0 Å². The van der Waals surface area contributed by atoms with Gasteiger partial charge in [-0.25, -0.2) is 0 Å². The van der Waals surface area contributed by atoms with Crippen molar-refractivity contribution >= 4 is 23.2 Å². The van der Waals surface area contributed by atoms with Gasteiger partial charge in [0.05, 0.1) is 12.6 Å². The predicted octanol–water partition coefficient (Wildman–Crippen LogP) is 4.18. The fraction of sp³-hybridized carbons (Fsp3) is 0.200. The van der Waals surface area contributed by atoms with Gasteiger partial charge in [-0.3, -0.25) is 9.59 Å². The summed E-state index contributed by atoms with van der Waals surface area (Å²) in [7, 11) is 0. The van der Waals surface area contributed by atoms with E-state index in [1.807, 2.05) is 49.4 Å². The van der Waals surface area contributed by atoms with Crippen LogP contribution in [0.15, 0.2) is 78.9 Å². The first-order valence-corrected chi connectivity index (χ1v) is 10.2. The van der Waals surface area contributed by atoms with E-state index in [1.54, 1.807) is 24.3 Å². The number of carbonyl (C=O) groups is 2. The number of para-hydroxylation sites is 1. The van der Waals surface area contributed by atoms with E-state index < -0.39 is 0 Å². The molecule has 2 amide bonds. The van der Waals surface area contributed by atoms with Crippen LogP contribution in [-0.2, 0) is 11.2 Å². The number of nitrogens with one attached hydrogen (secondary N) is 2. The third-order valence-electron chi connectivity index (χ3n) is 5.37. The van der Waals surface area contributed by atoms with Gasteiger partial charge < -0.3 is 15.5 Å². The van der Waals surface area contributed by atoms with Crippen LogP contribution < -0.4 is 15.5 Å². The molecule has 1 heterocycles. The smallest absolute Gasteiger partial charge is 0.251 e. The first-order valence-electron chi connectivity index (χ1n) is 10.2. The van der Waals surface area contributed by atoms with E-state index in [0.717, 1.165) is 24.2 Å². The first-order chi connectivity index (χ1) is 14.6. The fourth-order valence-corrected chi connectivity index (χ4v) is 3.79. The number of nitrogens with zero attached hydrogens (tertiary/aromatic N) is 1. The number of hydrogen-bond acceptors (Lipinski definition) is 3. The van der Waals surface area contributed by atoms with Crippen molar-refractivity contribution in [2.45, 2.75) is 19.4 Å². The van der Waals surface area contributed by atoms with Crippen molar-refractivity contribution in [3.05, 3.63) is 95.6 Å². The maximum Gasteiger partial charge on any atom is 0.251 e. The molecule has 0 spiro atoms. The lowest BCUT2D eigenvalue weighted by atomic mass is 10.1. The quantitative estimate of drug-likeness (QED) is 0.654. The molecule has 3 aromatic rings. The van der Waals surface area contributed by atoms with Crippen LogP contribution >= 0.6 is 0 Å². The highest BCUT2D eigenvalue weighted by Gasteiger charge is 2.20. The van der Waals surface area contributed by atoms with Crippen molar-refractivity contribution in [2.24, 2.45) is 0 Å². The summed E-state index contributed by atoms with van der Waals surface area (Å²) in [6.07, 6.45) is 0.957. The molecular formula is C25H25N3O2. The summed E-state index contributed by atoms with van der Waals surface area (Å²) in [5, 5.41) is 5.92. The Balaban J connectivity index is 1.37. The molecule has 0 bridgehead atoms. The molecule has 0 radical (unpaired) electrons. The standard InChI is InChI=1S/C25H25N3O2/c1-18(19-8-3-2-4-9-19)26-25(30)21-11-7-12-22(16-21)27-24(29)17-28-15-14-20-10-5-6-13-23(20)28/h2-13,16,18H,14-15,17H2,1H3,(H,26,30)(H,27,29). The molecule has 30 heavy (non-hydrogen) atoms. The van der Waals surface area contributed by atoms with Crippen LogP contribution in [-0.4, -0.2) is 24.9 Å². The van der Waals surface area contributed by atoms with Gasteiger partial charge >= 0.3 is 0 Å². The second-order valence-corrected chi connectivity index (χ2v) is 7.54. The van der Waals surface area contributed by atoms with Crippen LogP contribution in [0.1, 0.15) is 34.5 Å². The van der Waals surface area contributed by atoms with E-state index in [-0.39, 0.29) is 17.9 Å². The Hall–Kier alpha value is -3.60. The van der Waals surface area contributed by atoms with Crippen LogP contribution in [0.2, 0.25) is 0 Å². The Bertz CT molecular complexity index is 1050. The highest BCUT2D eigenvalue weighted by Crippen LogP contribution is 2.27. The minimum Gasteiger partial charge on any atom is -0.362 e. The number of carbonyl (C=O) groups excluding carboxylic acids is 2. The first kappa shape index (κ1) is 19.7. The van der Waals surface area contributed by atoms with E-state index in [2.05, 4.69) is 27.7 Å². The van der Waals surface area contributed by atoms with Gasteiger partial charge in [-0.15, -0.1) is 0 Å². The summed E-state index contributed by atoms with van der Waals surface area (Å²) in [6.45, 7) is 3.08. The van der Waals surface area contributed by atoms with Gasteiger partial charge in [-0.1, -0.05) is 54.6 Å². The Morgan fingerprint density at radius 1 is 0.967 bits per heavy atom.